The third-order valence-electron chi connectivity index (χ3n) is 4.64. The fourth-order valence-electron chi connectivity index (χ4n) is 2.94. The van der Waals surface area contributed by atoms with E-state index in [4.69, 9.17) is 4.74 Å². The van der Waals surface area contributed by atoms with Crippen molar-refractivity contribution in [2.45, 2.75) is 19.6 Å². The number of nitrogens with zero attached hydrogens (tertiary/aromatic N) is 3. The number of nitrogens with one attached hydrogen (secondary N) is 2. The lowest BCUT2D eigenvalue weighted by Crippen LogP contribution is -2.40. The lowest BCUT2D eigenvalue weighted by Gasteiger charge is -2.14. The topological polar surface area (TPSA) is 139 Å². The Hall–Kier alpha value is -3.83. The van der Waals surface area contributed by atoms with Gasteiger partial charge in [-0.25, -0.2) is 9.07 Å². The molecular formula is C22H24FN5O5. The van der Waals surface area contributed by atoms with E-state index >= 15 is 0 Å². The zero-order chi connectivity index (χ0) is 23.8. The Morgan fingerprint density at radius 3 is 2.48 bits per heavy atom. The summed E-state index contributed by atoms with van der Waals surface area (Å²) in [6.45, 7) is 1.20. The Bertz CT molecular complexity index is 1100. The second-order valence-electron chi connectivity index (χ2n) is 6.98. The van der Waals surface area contributed by atoms with E-state index in [-0.39, 0.29) is 29.7 Å². The van der Waals surface area contributed by atoms with E-state index in [0.717, 1.165) is 0 Å². The van der Waals surface area contributed by atoms with E-state index in [9.17, 15) is 24.2 Å². The highest BCUT2D eigenvalue weighted by atomic mass is 19.1. The third kappa shape index (κ3) is 5.90. The Labute approximate surface area is 189 Å². The number of aliphatic hydroxyl groups is 2. The number of amides is 2. The van der Waals surface area contributed by atoms with E-state index in [1.54, 1.807) is 30.3 Å². The molecule has 0 saturated carbocycles. The molecule has 33 heavy (non-hydrogen) atoms. The Morgan fingerprint density at radius 2 is 1.85 bits per heavy atom. The number of aromatic nitrogens is 3. The van der Waals surface area contributed by atoms with Gasteiger partial charge in [-0.1, -0.05) is 11.3 Å². The zero-order valence-electron chi connectivity index (χ0n) is 17.9. The number of aliphatic hydroxyl groups excluding tert-OH is 2. The van der Waals surface area contributed by atoms with Crippen molar-refractivity contribution in [3.05, 3.63) is 71.3 Å². The molecule has 0 aliphatic rings. The maximum absolute atomic E-state index is 13.5. The molecule has 10 nitrogen and oxygen atoms in total. The first-order valence-corrected chi connectivity index (χ1v) is 10.2. The molecule has 0 aliphatic carbocycles. The number of hydrogen-bond donors (Lipinski definition) is 4. The average molecular weight is 457 g/mol. The Morgan fingerprint density at radius 1 is 1.12 bits per heavy atom. The van der Waals surface area contributed by atoms with Gasteiger partial charge in [0.15, 0.2) is 5.69 Å². The van der Waals surface area contributed by atoms with Crippen LogP contribution in [-0.2, 0) is 6.61 Å². The Balaban J connectivity index is 1.92. The van der Waals surface area contributed by atoms with Crippen LogP contribution in [-0.4, -0.2) is 62.8 Å². The molecule has 0 spiro atoms. The van der Waals surface area contributed by atoms with Gasteiger partial charge in [0.25, 0.3) is 11.8 Å². The van der Waals surface area contributed by atoms with Gasteiger partial charge in [-0.3, -0.25) is 9.59 Å². The van der Waals surface area contributed by atoms with Crippen LogP contribution >= 0.6 is 0 Å². The predicted molar refractivity (Wildman–Crippen MR) is 116 cm³/mol. The molecule has 174 valence electrons. The third-order valence-corrected chi connectivity index (χ3v) is 4.64. The molecule has 3 aromatic rings. The molecule has 0 fully saturated rings. The van der Waals surface area contributed by atoms with Crippen LogP contribution in [0.3, 0.4) is 0 Å². The summed E-state index contributed by atoms with van der Waals surface area (Å²) >= 11 is 0. The van der Waals surface area contributed by atoms with E-state index in [0.29, 0.717) is 17.8 Å². The van der Waals surface area contributed by atoms with Gasteiger partial charge in [0.05, 0.1) is 24.9 Å². The predicted octanol–water partition coefficient (Wildman–Crippen LogP) is 0.818. The van der Waals surface area contributed by atoms with Crippen LogP contribution in [0.4, 0.5) is 4.39 Å². The fraction of sp³-hybridized carbons (Fsp3) is 0.273. The molecule has 11 heteroatoms. The monoisotopic (exact) mass is 457 g/mol. The van der Waals surface area contributed by atoms with Crippen molar-refractivity contribution in [3.8, 4) is 11.4 Å². The molecule has 0 radical (unpaired) electrons. The molecule has 1 heterocycles. The number of carbonyl (C=O) groups is 2. The van der Waals surface area contributed by atoms with Gasteiger partial charge >= 0.3 is 0 Å². The molecule has 1 aromatic heterocycles. The highest BCUT2D eigenvalue weighted by Crippen LogP contribution is 2.19. The van der Waals surface area contributed by atoms with Crippen molar-refractivity contribution < 1.29 is 28.9 Å². The van der Waals surface area contributed by atoms with Crippen LogP contribution in [0.5, 0.6) is 5.75 Å². The minimum atomic E-state index is -0.879. The number of hydrogen-bond acceptors (Lipinski definition) is 7. The van der Waals surface area contributed by atoms with Crippen LogP contribution in [0.15, 0.2) is 48.5 Å². The van der Waals surface area contributed by atoms with E-state index in [2.05, 4.69) is 20.9 Å². The maximum Gasteiger partial charge on any atom is 0.274 e. The minimum absolute atomic E-state index is 0.0916. The maximum atomic E-state index is 13.5. The lowest BCUT2D eigenvalue weighted by atomic mass is 10.2. The molecular weight excluding hydrogens is 433 g/mol. The first kappa shape index (κ1) is 23.8. The number of rotatable bonds is 10. The molecule has 0 saturated heterocycles. The highest BCUT2D eigenvalue weighted by molar-refractivity contribution is 5.94. The largest absolute Gasteiger partial charge is 0.487 e. The summed E-state index contributed by atoms with van der Waals surface area (Å²) < 4.78 is 20.5. The van der Waals surface area contributed by atoms with E-state index in [1.165, 1.54) is 22.9 Å². The SMILES string of the molecule is CCNC(=O)c1ccc(-n2nnc(C(=O)NC(CO)CO)c2COc2cccc(F)c2)cc1. The van der Waals surface area contributed by atoms with Crippen molar-refractivity contribution in [2.75, 3.05) is 19.8 Å². The van der Waals surface area contributed by atoms with Gasteiger partial charge in [0.1, 0.15) is 23.9 Å². The number of halogens is 1. The molecule has 0 atom stereocenters. The normalized spacial score (nSPS) is 10.8. The van der Waals surface area contributed by atoms with Crippen molar-refractivity contribution >= 4 is 11.8 Å². The van der Waals surface area contributed by atoms with Crippen molar-refractivity contribution in [2.24, 2.45) is 0 Å². The summed E-state index contributed by atoms with van der Waals surface area (Å²) in [6, 6.07) is 11.1. The molecule has 0 bridgehead atoms. The highest BCUT2D eigenvalue weighted by Gasteiger charge is 2.23. The van der Waals surface area contributed by atoms with Gasteiger partial charge in [-0.15, -0.1) is 5.10 Å². The molecule has 2 aromatic carbocycles. The summed E-state index contributed by atoms with van der Waals surface area (Å²) in [4.78, 5) is 24.7. The summed E-state index contributed by atoms with van der Waals surface area (Å²) in [5.41, 5.74) is 1.11. The summed E-state index contributed by atoms with van der Waals surface area (Å²) in [6.07, 6.45) is 0. The van der Waals surface area contributed by atoms with Crippen molar-refractivity contribution in [1.82, 2.24) is 25.6 Å². The van der Waals surface area contributed by atoms with Crippen molar-refractivity contribution in [1.29, 1.82) is 0 Å². The van der Waals surface area contributed by atoms with Gasteiger partial charge in [-0.05, 0) is 43.3 Å². The number of benzene rings is 2. The first-order chi connectivity index (χ1) is 16.0. The average Bonchev–Trinajstić information content (AvgIpc) is 3.25. The minimum Gasteiger partial charge on any atom is -0.487 e. The van der Waals surface area contributed by atoms with E-state index in [1.807, 2.05) is 6.92 Å². The first-order valence-electron chi connectivity index (χ1n) is 10.2. The summed E-state index contributed by atoms with van der Waals surface area (Å²) in [5.74, 6) is -1.14. The van der Waals surface area contributed by atoms with Crippen LogP contribution in [0, 0.1) is 5.82 Å². The zero-order valence-corrected chi connectivity index (χ0v) is 17.9. The van der Waals surface area contributed by atoms with Crippen LogP contribution < -0.4 is 15.4 Å². The molecule has 0 aliphatic heterocycles. The second kappa shape index (κ2) is 11.2. The standard InChI is InChI=1S/C22H24FN5O5/c1-2-24-21(31)14-6-8-17(9-7-14)28-19(13-33-18-5-3-4-15(23)10-18)20(26-27-28)22(32)25-16(11-29)12-30/h3-10,16,29-30H,2,11-13H2,1H3,(H,24,31)(H,25,32). The van der Waals surface area contributed by atoms with Gasteiger partial charge < -0.3 is 25.6 Å². The molecule has 2 amide bonds. The molecule has 0 unspecified atom stereocenters. The quantitative estimate of drug-likeness (QED) is 0.354. The van der Waals surface area contributed by atoms with Gasteiger partial charge in [0, 0.05) is 18.2 Å². The van der Waals surface area contributed by atoms with Crippen LogP contribution in [0.25, 0.3) is 5.69 Å². The van der Waals surface area contributed by atoms with E-state index < -0.39 is 31.0 Å². The van der Waals surface area contributed by atoms with Gasteiger partial charge in [-0.2, -0.15) is 0 Å². The Kier molecular flexibility index (Phi) is 8.06. The molecule has 3 rings (SSSR count). The van der Waals surface area contributed by atoms with Gasteiger partial charge in [0.2, 0.25) is 0 Å². The van der Waals surface area contributed by atoms with Crippen LogP contribution in [0.1, 0.15) is 33.5 Å². The lowest BCUT2D eigenvalue weighted by molar-refractivity contribution is 0.0871. The summed E-state index contributed by atoms with van der Waals surface area (Å²) in [7, 11) is 0. The fourth-order valence-corrected chi connectivity index (χ4v) is 2.94. The molecule has 4 N–H and O–H groups in total. The summed E-state index contributed by atoms with van der Waals surface area (Å²) in [5, 5.41) is 31.6. The number of ether oxygens (including phenoxy) is 1. The second-order valence-corrected chi connectivity index (χ2v) is 6.98. The van der Waals surface area contributed by atoms with Crippen LogP contribution in [0.2, 0.25) is 0 Å². The smallest absolute Gasteiger partial charge is 0.274 e. The van der Waals surface area contributed by atoms with Crippen molar-refractivity contribution in [3.63, 3.8) is 0 Å². The number of carbonyl (C=O) groups excluding carboxylic acids is 2.